The molecule has 2 rings (SSSR count). The molecule has 1 fully saturated rings. The van der Waals surface area contributed by atoms with E-state index in [4.69, 9.17) is 5.73 Å². The van der Waals surface area contributed by atoms with Gasteiger partial charge in [0.25, 0.3) is 0 Å². The highest BCUT2D eigenvalue weighted by molar-refractivity contribution is 5.85. The Morgan fingerprint density at radius 2 is 2.08 bits per heavy atom. The van der Waals surface area contributed by atoms with E-state index in [1.54, 1.807) is 0 Å². The number of anilines is 1. The minimum absolute atomic E-state index is 0. The van der Waals surface area contributed by atoms with Crippen LogP contribution in [0.25, 0.3) is 0 Å². The van der Waals surface area contributed by atoms with E-state index >= 15 is 0 Å². The third-order valence-corrected chi connectivity index (χ3v) is 2.45. The molecule has 13 heavy (non-hydrogen) atoms. The first-order valence-electron chi connectivity index (χ1n) is 4.29. The van der Waals surface area contributed by atoms with Crippen LogP contribution in [-0.4, -0.2) is 25.0 Å². The van der Waals surface area contributed by atoms with E-state index < -0.39 is 0 Å². The van der Waals surface area contributed by atoms with Crippen LogP contribution in [0.1, 0.15) is 11.5 Å². The quantitative estimate of drug-likeness (QED) is 0.697. The molecule has 2 N–H and O–H groups in total. The molecule has 0 saturated carbocycles. The van der Waals surface area contributed by atoms with Gasteiger partial charge in [-0.25, -0.2) is 0 Å². The number of hydrogen-bond acceptors (Lipinski definition) is 2. The predicted molar refractivity (Wildman–Crippen MR) is 58.3 cm³/mol. The summed E-state index contributed by atoms with van der Waals surface area (Å²) in [5.74, 6) is 0.707. The Morgan fingerprint density at radius 3 is 2.62 bits per heavy atom. The first kappa shape index (κ1) is 10.4. The summed E-state index contributed by atoms with van der Waals surface area (Å²) in [7, 11) is 2.14. The van der Waals surface area contributed by atoms with Crippen molar-refractivity contribution in [2.75, 3.05) is 25.9 Å². The second-order valence-corrected chi connectivity index (χ2v) is 3.59. The zero-order valence-corrected chi connectivity index (χ0v) is 8.55. The number of nitrogens with zero attached hydrogens (tertiary/aromatic N) is 1. The lowest BCUT2D eigenvalue weighted by Crippen LogP contribution is -2.41. The summed E-state index contributed by atoms with van der Waals surface area (Å²) in [6, 6.07) is 8.21. The molecule has 3 heteroatoms. The molecule has 1 saturated heterocycles. The molecule has 0 bridgehead atoms. The number of likely N-dealkylation sites (N-methyl/N-ethyl adjacent to an activating group) is 1. The van der Waals surface area contributed by atoms with E-state index in [2.05, 4.69) is 24.1 Å². The molecule has 0 spiro atoms. The van der Waals surface area contributed by atoms with Crippen LogP contribution in [-0.2, 0) is 0 Å². The zero-order valence-electron chi connectivity index (χ0n) is 7.73. The highest BCUT2D eigenvalue weighted by Crippen LogP contribution is 2.26. The summed E-state index contributed by atoms with van der Waals surface area (Å²) in [6.07, 6.45) is 0. The van der Waals surface area contributed by atoms with E-state index in [0.717, 1.165) is 5.69 Å². The van der Waals surface area contributed by atoms with Crippen molar-refractivity contribution in [1.29, 1.82) is 0 Å². The predicted octanol–water partition coefficient (Wildman–Crippen LogP) is 1.72. The number of nitrogens with two attached hydrogens (primary N) is 1. The van der Waals surface area contributed by atoms with E-state index in [-0.39, 0.29) is 12.4 Å². The van der Waals surface area contributed by atoms with Crippen molar-refractivity contribution in [3.05, 3.63) is 29.8 Å². The van der Waals surface area contributed by atoms with Gasteiger partial charge in [-0.3, -0.25) is 0 Å². The second-order valence-electron chi connectivity index (χ2n) is 3.59. The number of halogens is 1. The Balaban J connectivity index is 0.000000845. The van der Waals surface area contributed by atoms with Crippen molar-refractivity contribution in [2.24, 2.45) is 0 Å². The molecule has 0 atom stereocenters. The molecule has 0 aromatic heterocycles. The number of likely N-dealkylation sites (tertiary alicyclic amines) is 1. The molecule has 1 aliphatic rings. The van der Waals surface area contributed by atoms with E-state index in [1.807, 2.05) is 12.1 Å². The fourth-order valence-corrected chi connectivity index (χ4v) is 1.72. The Morgan fingerprint density at radius 1 is 1.38 bits per heavy atom. The maximum Gasteiger partial charge on any atom is 0.0316 e. The Labute approximate surface area is 85.1 Å². The monoisotopic (exact) mass is 198 g/mol. The summed E-state index contributed by atoms with van der Waals surface area (Å²) in [4.78, 5) is 2.31. The molecule has 1 aromatic carbocycles. The fraction of sp³-hybridized carbons (Fsp3) is 0.400. The lowest BCUT2D eigenvalue weighted by Gasteiger charge is -2.36. The topological polar surface area (TPSA) is 29.3 Å². The van der Waals surface area contributed by atoms with Gasteiger partial charge in [0.1, 0.15) is 0 Å². The van der Waals surface area contributed by atoms with Gasteiger partial charge in [-0.15, -0.1) is 12.4 Å². The Kier molecular flexibility index (Phi) is 3.17. The lowest BCUT2D eigenvalue weighted by molar-refractivity contribution is 0.190. The number of rotatable bonds is 1. The summed E-state index contributed by atoms with van der Waals surface area (Å²) >= 11 is 0. The van der Waals surface area contributed by atoms with Crippen LogP contribution in [0.5, 0.6) is 0 Å². The molecule has 1 heterocycles. The average molecular weight is 199 g/mol. The largest absolute Gasteiger partial charge is 0.399 e. The standard InChI is InChI=1S/C10H14N2.ClH/c1-12-6-9(7-12)8-3-2-4-10(11)5-8;/h2-5,9H,6-7,11H2,1H3;1H. The fourth-order valence-electron chi connectivity index (χ4n) is 1.72. The molecule has 0 aliphatic carbocycles. The van der Waals surface area contributed by atoms with Crippen molar-refractivity contribution >= 4 is 18.1 Å². The number of nitrogen functional groups attached to an aromatic ring is 1. The summed E-state index contributed by atoms with van der Waals surface area (Å²) < 4.78 is 0. The van der Waals surface area contributed by atoms with Gasteiger partial charge in [0.05, 0.1) is 0 Å². The molecular formula is C10H15ClN2. The molecule has 0 amide bonds. The highest BCUT2D eigenvalue weighted by atomic mass is 35.5. The Bertz CT molecular complexity index is 282. The summed E-state index contributed by atoms with van der Waals surface area (Å²) in [5.41, 5.74) is 7.96. The molecule has 2 nitrogen and oxygen atoms in total. The van der Waals surface area contributed by atoms with E-state index in [1.165, 1.54) is 18.7 Å². The third kappa shape index (κ3) is 2.14. The van der Waals surface area contributed by atoms with Gasteiger partial charge in [-0.1, -0.05) is 12.1 Å². The van der Waals surface area contributed by atoms with Crippen LogP contribution >= 0.6 is 12.4 Å². The summed E-state index contributed by atoms with van der Waals surface area (Å²) in [6.45, 7) is 2.34. The molecule has 72 valence electrons. The molecule has 1 aromatic rings. The van der Waals surface area contributed by atoms with E-state index in [9.17, 15) is 0 Å². The van der Waals surface area contributed by atoms with Gasteiger partial charge in [-0.2, -0.15) is 0 Å². The lowest BCUT2D eigenvalue weighted by atomic mass is 9.92. The normalized spacial score (nSPS) is 17.6. The van der Waals surface area contributed by atoms with Crippen molar-refractivity contribution in [3.8, 4) is 0 Å². The minimum Gasteiger partial charge on any atom is -0.399 e. The number of hydrogen-bond donors (Lipinski definition) is 1. The molecule has 0 unspecified atom stereocenters. The maximum absolute atomic E-state index is 5.70. The highest BCUT2D eigenvalue weighted by Gasteiger charge is 2.24. The number of benzene rings is 1. The summed E-state index contributed by atoms with van der Waals surface area (Å²) in [5, 5.41) is 0. The third-order valence-electron chi connectivity index (χ3n) is 2.45. The van der Waals surface area contributed by atoms with Crippen molar-refractivity contribution < 1.29 is 0 Å². The zero-order chi connectivity index (χ0) is 8.55. The van der Waals surface area contributed by atoms with Crippen molar-refractivity contribution in [3.63, 3.8) is 0 Å². The van der Waals surface area contributed by atoms with Crippen molar-refractivity contribution in [1.82, 2.24) is 4.90 Å². The maximum atomic E-state index is 5.70. The van der Waals surface area contributed by atoms with Gasteiger partial charge >= 0.3 is 0 Å². The molecule has 0 radical (unpaired) electrons. The van der Waals surface area contributed by atoms with Crippen LogP contribution in [0, 0.1) is 0 Å². The second kappa shape index (κ2) is 3.99. The van der Waals surface area contributed by atoms with Gasteiger partial charge in [-0.05, 0) is 24.7 Å². The average Bonchev–Trinajstić information content (AvgIpc) is 1.99. The van der Waals surface area contributed by atoms with Gasteiger partial charge in [0.2, 0.25) is 0 Å². The van der Waals surface area contributed by atoms with Crippen LogP contribution in [0.15, 0.2) is 24.3 Å². The minimum atomic E-state index is 0. The van der Waals surface area contributed by atoms with E-state index in [0.29, 0.717) is 5.92 Å². The smallest absolute Gasteiger partial charge is 0.0316 e. The van der Waals surface area contributed by atoms with Crippen LogP contribution in [0.4, 0.5) is 5.69 Å². The SMILES string of the molecule is CN1CC(c2cccc(N)c2)C1.Cl. The van der Waals surface area contributed by atoms with Crippen LogP contribution in [0.3, 0.4) is 0 Å². The van der Waals surface area contributed by atoms with Gasteiger partial charge < -0.3 is 10.6 Å². The van der Waals surface area contributed by atoms with Crippen molar-refractivity contribution in [2.45, 2.75) is 5.92 Å². The van der Waals surface area contributed by atoms with Crippen LogP contribution in [0.2, 0.25) is 0 Å². The Hall–Kier alpha value is -0.730. The van der Waals surface area contributed by atoms with Gasteiger partial charge in [0.15, 0.2) is 0 Å². The first-order chi connectivity index (χ1) is 5.75. The first-order valence-corrected chi connectivity index (χ1v) is 4.29. The van der Waals surface area contributed by atoms with Gasteiger partial charge in [0, 0.05) is 24.7 Å². The molecular weight excluding hydrogens is 184 g/mol. The van der Waals surface area contributed by atoms with Crippen LogP contribution < -0.4 is 5.73 Å². The molecule has 1 aliphatic heterocycles.